The van der Waals surface area contributed by atoms with Crippen LogP contribution in [-0.2, 0) is 0 Å². The number of ether oxygens (including phenoxy) is 1. The molecule has 77 valence electrons. The molecule has 0 saturated heterocycles. The molecule has 0 aliphatic rings. The Balaban J connectivity index is 3.19. The maximum atomic E-state index is 11.9. The van der Waals surface area contributed by atoms with Crippen molar-refractivity contribution in [2.75, 3.05) is 0 Å². The van der Waals surface area contributed by atoms with Gasteiger partial charge in [0, 0.05) is 5.56 Å². The summed E-state index contributed by atoms with van der Waals surface area (Å²) in [6.07, 6.45) is -2.46. The fourth-order valence-electron chi connectivity index (χ4n) is 1.00. The minimum Gasteiger partial charge on any atom is -0.404 e. The topological polar surface area (TPSA) is 33.0 Å². The molecule has 5 heteroatoms. The fourth-order valence-corrected chi connectivity index (χ4v) is 1.00. The summed E-state index contributed by atoms with van der Waals surface area (Å²) < 4.78 is 39.5. The van der Waals surface area contributed by atoms with E-state index in [0.29, 0.717) is 0 Å². The van der Waals surface area contributed by atoms with Crippen LogP contribution in [0.4, 0.5) is 13.2 Å². The molecule has 0 N–H and O–H groups in total. The second-order valence-corrected chi connectivity index (χ2v) is 2.52. The lowest BCUT2D eigenvalue weighted by Crippen LogP contribution is -2.18. The number of halogens is 3. The molecule has 1 rings (SSSR count). The fraction of sp³-hybridized carbons (Fsp3) is 0.100. The number of nitrogens with zero attached hydrogens (tertiary/aromatic N) is 1. The van der Waals surface area contributed by atoms with E-state index in [-0.39, 0.29) is 11.1 Å². The van der Waals surface area contributed by atoms with Crippen molar-refractivity contribution in [2.24, 2.45) is 0 Å². The van der Waals surface area contributed by atoms with Gasteiger partial charge in [-0.05, 0) is 12.1 Å². The number of hydrogen-bond acceptors (Lipinski definition) is 2. The maximum Gasteiger partial charge on any atom is 0.573 e. The van der Waals surface area contributed by atoms with E-state index in [2.05, 4.69) is 17.4 Å². The predicted octanol–water partition coefficient (Wildman–Crippen LogP) is 2.79. The molecule has 2 nitrogen and oxygen atoms in total. The van der Waals surface area contributed by atoms with Crippen LogP contribution in [0.3, 0.4) is 0 Å². The Hall–Kier alpha value is -1.96. The van der Waals surface area contributed by atoms with Crippen molar-refractivity contribution >= 4 is 0 Å². The van der Waals surface area contributed by atoms with Gasteiger partial charge in [-0.1, -0.05) is 18.7 Å². The van der Waals surface area contributed by atoms with Crippen molar-refractivity contribution in [1.29, 1.82) is 5.26 Å². The summed E-state index contributed by atoms with van der Waals surface area (Å²) in [5.74, 6) is -0.543. The van der Waals surface area contributed by atoms with Crippen LogP contribution in [0.25, 0.3) is 0 Å². The minimum atomic E-state index is -4.81. The van der Waals surface area contributed by atoms with Crippen LogP contribution in [0.2, 0.25) is 0 Å². The third-order valence-electron chi connectivity index (χ3n) is 1.55. The van der Waals surface area contributed by atoms with Crippen LogP contribution in [-0.4, -0.2) is 6.36 Å². The van der Waals surface area contributed by atoms with E-state index in [1.807, 2.05) is 0 Å². The molecular weight excluding hydrogens is 207 g/mol. The van der Waals surface area contributed by atoms with E-state index in [1.165, 1.54) is 12.1 Å². The standard InChI is InChI=1S/C10H5F3NO/c1-2-7-4-3-5-9(8(7)6-14)15-10(11,12)13/h3-5H,1H2. The molecule has 0 atom stereocenters. The molecule has 0 bridgehead atoms. The lowest BCUT2D eigenvalue weighted by Gasteiger charge is -2.10. The summed E-state index contributed by atoms with van der Waals surface area (Å²) in [5.41, 5.74) is -0.0518. The normalized spacial score (nSPS) is 10.5. The van der Waals surface area contributed by atoms with Gasteiger partial charge in [0.05, 0.1) is 0 Å². The van der Waals surface area contributed by atoms with Crippen LogP contribution in [0.1, 0.15) is 11.1 Å². The molecule has 0 spiro atoms. The number of alkyl halides is 3. The molecule has 0 heterocycles. The number of nitriles is 1. The average Bonchev–Trinajstić information content (AvgIpc) is 2.15. The van der Waals surface area contributed by atoms with Gasteiger partial charge in [-0.25, -0.2) is 0 Å². The van der Waals surface area contributed by atoms with Gasteiger partial charge in [0.1, 0.15) is 17.4 Å². The Bertz CT molecular complexity index is 418. The van der Waals surface area contributed by atoms with Crippen molar-refractivity contribution < 1.29 is 17.9 Å². The Morgan fingerprint density at radius 1 is 1.33 bits per heavy atom. The Kier molecular flexibility index (Phi) is 3.00. The first kappa shape index (κ1) is 11.1. The van der Waals surface area contributed by atoms with Crippen molar-refractivity contribution in [3.63, 3.8) is 0 Å². The zero-order chi connectivity index (χ0) is 11.5. The van der Waals surface area contributed by atoms with E-state index in [4.69, 9.17) is 5.26 Å². The van der Waals surface area contributed by atoms with E-state index in [0.717, 1.165) is 6.07 Å². The molecule has 1 radical (unpaired) electrons. The van der Waals surface area contributed by atoms with Crippen LogP contribution < -0.4 is 4.74 Å². The Morgan fingerprint density at radius 2 is 2.00 bits per heavy atom. The van der Waals surface area contributed by atoms with Crippen molar-refractivity contribution in [3.8, 4) is 11.8 Å². The van der Waals surface area contributed by atoms with Crippen LogP contribution in [0.5, 0.6) is 5.75 Å². The third kappa shape index (κ3) is 2.74. The smallest absolute Gasteiger partial charge is 0.404 e. The van der Waals surface area contributed by atoms with Gasteiger partial charge in [0.15, 0.2) is 0 Å². The molecule has 0 aliphatic heterocycles. The second kappa shape index (κ2) is 4.05. The molecule has 0 aliphatic carbocycles. The third-order valence-corrected chi connectivity index (χ3v) is 1.55. The highest BCUT2D eigenvalue weighted by Gasteiger charge is 2.32. The first-order valence-corrected chi connectivity index (χ1v) is 3.80. The predicted molar refractivity (Wildman–Crippen MR) is 45.8 cm³/mol. The molecule has 0 aromatic heterocycles. The lowest BCUT2D eigenvalue weighted by molar-refractivity contribution is -0.274. The van der Waals surface area contributed by atoms with Gasteiger partial charge in [-0.2, -0.15) is 5.26 Å². The summed E-state index contributed by atoms with van der Waals surface area (Å²) in [5, 5.41) is 8.66. The summed E-state index contributed by atoms with van der Waals surface area (Å²) in [6.45, 7) is 3.26. The first-order valence-electron chi connectivity index (χ1n) is 3.80. The maximum absolute atomic E-state index is 11.9. The Morgan fingerprint density at radius 3 is 2.47 bits per heavy atom. The number of hydrogen-bond donors (Lipinski definition) is 0. The zero-order valence-corrected chi connectivity index (χ0v) is 7.43. The SMILES string of the molecule is C=[C]c1cccc(OC(F)(F)F)c1C#N. The number of rotatable bonds is 2. The monoisotopic (exact) mass is 212 g/mol. The van der Waals surface area contributed by atoms with Crippen molar-refractivity contribution in [1.82, 2.24) is 0 Å². The van der Waals surface area contributed by atoms with Gasteiger partial charge in [0.25, 0.3) is 0 Å². The largest absolute Gasteiger partial charge is 0.573 e. The summed E-state index contributed by atoms with van der Waals surface area (Å²) >= 11 is 0. The molecule has 15 heavy (non-hydrogen) atoms. The van der Waals surface area contributed by atoms with Crippen LogP contribution >= 0.6 is 0 Å². The minimum absolute atomic E-state index is 0.180. The van der Waals surface area contributed by atoms with E-state index in [9.17, 15) is 13.2 Å². The van der Waals surface area contributed by atoms with Gasteiger partial charge in [0.2, 0.25) is 0 Å². The Labute approximate surface area is 84.2 Å². The van der Waals surface area contributed by atoms with Gasteiger partial charge in [-0.3, -0.25) is 0 Å². The molecule has 1 aromatic carbocycles. The summed E-state index contributed by atoms with van der Waals surface area (Å²) in [7, 11) is 0. The van der Waals surface area contributed by atoms with Crippen molar-refractivity contribution in [2.45, 2.75) is 6.36 Å². The van der Waals surface area contributed by atoms with Crippen molar-refractivity contribution in [3.05, 3.63) is 42.0 Å². The molecule has 0 fully saturated rings. The van der Waals surface area contributed by atoms with E-state index >= 15 is 0 Å². The molecule has 1 aromatic rings. The van der Waals surface area contributed by atoms with E-state index < -0.39 is 12.1 Å². The van der Waals surface area contributed by atoms with Gasteiger partial charge in [-0.15, -0.1) is 13.2 Å². The van der Waals surface area contributed by atoms with Gasteiger partial charge >= 0.3 is 6.36 Å². The highest BCUT2D eigenvalue weighted by atomic mass is 19.4. The van der Waals surface area contributed by atoms with Crippen LogP contribution in [0, 0.1) is 17.4 Å². The zero-order valence-electron chi connectivity index (χ0n) is 7.43. The first-order chi connectivity index (χ1) is 6.98. The van der Waals surface area contributed by atoms with E-state index in [1.54, 1.807) is 6.07 Å². The van der Waals surface area contributed by atoms with Crippen LogP contribution in [0.15, 0.2) is 24.8 Å². The summed E-state index contributed by atoms with van der Waals surface area (Å²) in [6, 6.07) is 5.43. The highest BCUT2D eigenvalue weighted by molar-refractivity contribution is 5.50. The van der Waals surface area contributed by atoms with Gasteiger partial charge < -0.3 is 4.74 Å². The molecule has 0 saturated carbocycles. The molecule has 0 amide bonds. The highest BCUT2D eigenvalue weighted by Crippen LogP contribution is 2.27. The summed E-state index contributed by atoms with van der Waals surface area (Å²) in [4.78, 5) is 0. The molecular formula is C10H5F3NO. The quantitative estimate of drug-likeness (QED) is 0.755. The second-order valence-electron chi connectivity index (χ2n) is 2.52. The molecule has 0 unspecified atom stereocenters. The lowest BCUT2D eigenvalue weighted by atomic mass is 10.1. The average molecular weight is 212 g/mol. The number of benzene rings is 1.